The molecule has 14 heavy (non-hydrogen) atoms. The molecular weight excluding hydrogens is 178 g/mol. The summed E-state index contributed by atoms with van der Waals surface area (Å²) in [6.07, 6.45) is 4.09. The topological polar surface area (TPSA) is 38.3 Å². The molecule has 1 aliphatic heterocycles. The number of rotatable bonds is 4. The summed E-state index contributed by atoms with van der Waals surface area (Å²) in [7, 11) is 0. The molecule has 0 radical (unpaired) electrons. The number of carbonyl (C=O) groups is 1. The smallest absolute Gasteiger partial charge is 0.323 e. The predicted octanol–water partition coefficient (Wildman–Crippen LogP) is 1.72. The van der Waals surface area contributed by atoms with E-state index >= 15 is 0 Å². The van der Waals surface area contributed by atoms with Gasteiger partial charge in [-0.05, 0) is 31.7 Å². The second-order valence-corrected chi connectivity index (χ2v) is 4.16. The van der Waals surface area contributed by atoms with E-state index in [1.165, 1.54) is 0 Å². The summed E-state index contributed by atoms with van der Waals surface area (Å²) in [4.78, 5) is 11.5. The zero-order valence-electron chi connectivity index (χ0n) is 9.21. The number of hydrogen-bond acceptors (Lipinski definition) is 3. The van der Waals surface area contributed by atoms with Crippen molar-refractivity contribution >= 4 is 5.97 Å². The Kier molecular flexibility index (Phi) is 4.94. The van der Waals surface area contributed by atoms with E-state index < -0.39 is 0 Å². The molecule has 0 aromatic carbocycles. The van der Waals surface area contributed by atoms with Gasteiger partial charge in [-0.15, -0.1) is 0 Å². The van der Waals surface area contributed by atoms with Gasteiger partial charge in [-0.3, -0.25) is 4.79 Å². The van der Waals surface area contributed by atoms with Crippen molar-refractivity contribution in [2.45, 2.75) is 45.6 Å². The van der Waals surface area contributed by atoms with E-state index in [2.05, 4.69) is 19.2 Å². The average Bonchev–Trinajstić information content (AvgIpc) is 2.19. The first-order chi connectivity index (χ1) is 6.74. The molecule has 0 unspecified atom stereocenters. The molecule has 0 aromatic rings. The van der Waals surface area contributed by atoms with Crippen LogP contribution in [0, 0.1) is 5.92 Å². The van der Waals surface area contributed by atoms with E-state index in [1.807, 2.05) is 0 Å². The maximum atomic E-state index is 11.5. The lowest BCUT2D eigenvalue weighted by Crippen LogP contribution is -2.44. The van der Waals surface area contributed by atoms with Crippen LogP contribution in [-0.4, -0.2) is 25.2 Å². The summed E-state index contributed by atoms with van der Waals surface area (Å²) in [6.45, 7) is 5.80. The van der Waals surface area contributed by atoms with Gasteiger partial charge in [0.05, 0.1) is 6.61 Å². The molecule has 0 spiro atoms. The monoisotopic (exact) mass is 199 g/mol. The lowest BCUT2D eigenvalue weighted by molar-refractivity contribution is -0.147. The number of hydrogen-bond donors (Lipinski definition) is 1. The maximum Gasteiger partial charge on any atom is 0.323 e. The number of unbranched alkanes of at least 4 members (excludes halogenated alkanes) is 1. The fraction of sp³-hybridized carbons (Fsp3) is 0.909. The van der Waals surface area contributed by atoms with Gasteiger partial charge in [-0.1, -0.05) is 20.3 Å². The Bertz CT molecular complexity index is 174. The van der Waals surface area contributed by atoms with Crippen LogP contribution in [0.3, 0.4) is 0 Å². The minimum atomic E-state index is -0.0645. The molecule has 0 amide bonds. The van der Waals surface area contributed by atoms with Gasteiger partial charge >= 0.3 is 5.97 Å². The van der Waals surface area contributed by atoms with Gasteiger partial charge < -0.3 is 10.1 Å². The van der Waals surface area contributed by atoms with Crippen molar-refractivity contribution in [3.8, 4) is 0 Å². The van der Waals surface area contributed by atoms with E-state index in [0.29, 0.717) is 12.5 Å². The van der Waals surface area contributed by atoms with Crippen molar-refractivity contribution in [1.29, 1.82) is 0 Å². The van der Waals surface area contributed by atoms with Gasteiger partial charge in [-0.2, -0.15) is 0 Å². The van der Waals surface area contributed by atoms with Crippen LogP contribution in [-0.2, 0) is 9.53 Å². The molecule has 0 aliphatic carbocycles. The third kappa shape index (κ3) is 3.66. The Balaban J connectivity index is 2.17. The van der Waals surface area contributed by atoms with Crippen LogP contribution in [0.25, 0.3) is 0 Å². The van der Waals surface area contributed by atoms with E-state index in [1.54, 1.807) is 0 Å². The first-order valence-electron chi connectivity index (χ1n) is 5.64. The zero-order chi connectivity index (χ0) is 10.4. The molecule has 0 aromatic heterocycles. The van der Waals surface area contributed by atoms with Crippen molar-refractivity contribution in [2.24, 2.45) is 5.92 Å². The van der Waals surface area contributed by atoms with Gasteiger partial charge in [0.1, 0.15) is 6.04 Å². The molecule has 1 aliphatic rings. The van der Waals surface area contributed by atoms with Gasteiger partial charge in [-0.25, -0.2) is 0 Å². The molecule has 3 heteroatoms. The van der Waals surface area contributed by atoms with Crippen molar-refractivity contribution in [3.63, 3.8) is 0 Å². The Morgan fingerprint density at radius 2 is 2.29 bits per heavy atom. The molecule has 1 heterocycles. The van der Waals surface area contributed by atoms with Crippen molar-refractivity contribution in [1.82, 2.24) is 5.32 Å². The highest BCUT2D eigenvalue weighted by Crippen LogP contribution is 2.14. The van der Waals surface area contributed by atoms with E-state index in [-0.39, 0.29) is 12.0 Å². The van der Waals surface area contributed by atoms with Crippen LogP contribution < -0.4 is 5.32 Å². The Morgan fingerprint density at radius 3 is 2.86 bits per heavy atom. The van der Waals surface area contributed by atoms with Crippen molar-refractivity contribution < 1.29 is 9.53 Å². The number of ether oxygens (including phenoxy) is 1. The number of piperidine rings is 1. The highest BCUT2D eigenvalue weighted by Gasteiger charge is 2.24. The molecule has 82 valence electrons. The fourth-order valence-electron chi connectivity index (χ4n) is 1.62. The Morgan fingerprint density at radius 1 is 1.50 bits per heavy atom. The Hall–Kier alpha value is -0.570. The molecule has 1 rings (SSSR count). The normalized spacial score (nSPS) is 27.3. The minimum absolute atomic E-state index is 0.0527. The van der Waals surface area contributed by atoms with E-state index in [0.717, 1.165) is 32.2 Å². The zero-order valence-corrected chi connectivity index (χ0v) is 9.21. The van der Waals surface area contributed by atoms with Crippen LogP contribution in [0.5, 0.6) is 0 Å². The lowest BCUT2D eigenvalue weighted by atomic mass is 9.96. The summed E-state index contributed by atoms with van der Waals surface area (Å²) in [5, 5.41) is 3.22. The number of nitrogens with one attached hydrogen (secondary N) is 1. The van der Waals surface area contributed by atoms with Crippen LogP contribution >= 0.6 is 0 Å². The van der Waals surface area contributed by atoms with Crippen LogP contribution in [0.4, 0.5) is 0 Å². The standard InChI is InChI=1S/C11H21NO2/c1-3-4-7-14-11(13)10-6-5-9(2)8-12-10/h9-10,12H,3-8H2,1-2H3/t9-,10+/m1/s1. The molecule has 3 nitrogen and oxygen atoms in total. The van der Waals surface area contributed by atoms with E-state index in [9.17, 15) is 4.79 Å². The van der Waals surface area contributed by atoms with Crippen LogP contribution in [0.2, 0.25) is 0 Å². The third-order valence-corrected chi connectivity index (χ3v) is 2.69. The van der Waals surface area contributed by atoms with Gasteiger partial charge in [0.15, 0.2) is 0 Å². The second kappa shape index (κ2) is 6.02. The summed E-state index contributed by atoms with van der Waals surface area (Å²) < 4.78 is 5.16. The first kappa shape index (κ1) is 11.5. The molecule has 1 fully saturated rings. The van der Waals surface area contributed by atoms with Crippen LogP contribution in [0.1, 0.15) is 39.5 Å². The summed E-state index contributed by atoms with van der Waals surface area (Å²) in [5.74, 6) is 0.625. The van der Waals surface area contributed by atoms with Crippen LogP contribution in [0.15, 0.2) is 0 Å². The van der Waals surface area contributed by atoms with Crippen molar-refractivity contribution in [2.75, 3.05) is 13.2 Å². The largest absolute Gasteiger partial charge is 0.465 e. The third-order valence-electron chi connectivity index (χ3n) is 2.69. The minimum Gasteiger partial charge on any atom is -0.465 e. The molecule has 1 saturated heterocycles. The predicted molar refractivity (Wildman–Crippen MR) is 56.1 cm³/mol. The van der Waals surface area contributed by atoms with Gasteiger partial charge in [0.2, 0.25) is 0 Å². The highest BCUT2D eigenvalue weighted by atomic mass is 16.5. The number of esters is 1. The molecule has 1 N–H and O–H groups in total. The first-order valence-corrected chi connectivity index (χ1v) is 5.64. The quantitative estimate of drug-likeness (QED) is 0.553. The average molecular weight is 199 g/mol. The maximum absolute atomic E-state index is 11.5. The lowest BCUT2D eigenvalue weighted by Gasteiger charge is -2.26. The Labute approximate surface area is 86.2 Å². The van der Waals surface area contributed by atoms with Crippen molar-refractivity contribution in [3.05, 3.63) is 0 Å². The fourth-order valence-corrected chi connectivity index (χ4v) is 1.62. The summed E-state index contributed by atoms with van der Waals surface area (Å²) in [5.41, 5.74) is 0. The molecular formula is C11H21NO2. The summed E-state index contributed by atoms with van der Waals surface area (Å²) in [6, 6.07) is -0.0527. The SMILES string of the molecule is CCCCOC(=O)[C@@H]1CC[C@@H](C)CN1. The van der Waals surface area contributed by atoms with Gasteiger partial charge in [0, 0.05) is 0 Å². The highest BCUT2D eigenvalue weighted by molar-refractivity contribution is 5.75. The molecule has 0 bridgehead atoms. The molecule has 2 atom stereocenters. The molecule has 0 saturated carbocycles. The number of carbonyl (C=O) groups excluding carboxylic acids is 1. The summed E-state index contributed by atoms with van der Waals surface area (Å²) >= 11 is 0. The van der Waals surface area contributed by atoms with E-state index in [4.69, 9.17) is 4.74 Å². The van der Waals surface area contributed by atoms with Gasteiger partial charge in [0.25, 0.3) is 0 Å². The second-order valence-electron chi connectivity index (χ2n) is 4.16.